The van der Waals surface area contributed by atoms with Gasteiger partial charge in [-0.05, 0) is 5.56 Å². The summed E-state index contributed by atoms with van der Waals surface area (Å²) in [6, 6.07) is 8.65. The van der Waals surface area contributed by atoms with Crippen molar-refractivity contribution in [3.8, 4) is 11.1 Å². The van der Waals surface area contributed by atoms with E-state index in [-0.39, 0.29) is 42.2 Å². The number of aromatic carboxylic acids is 1. The van der Waals surface area contributed by atoms with Gasteiger partial charge in [-0.15, -0.1) is 0 Å². The topological polar surface area (TPSA) is 85.9 Å². The predicted molar refractivity (Wildman–Crippen MR) is 54.9 cm³/mol. The molecule has 0 spiro atoms. The fourth-order valence-electron chi connectivity index (χ4n) is 1.40. The molecular formula is C10H9N2NaO3. The van der Waals surface area contributed by atoms with Gasteiger partial charge in [-0.2, -0.15) is 0 Å². The van der Waals surface area contributed by atoms with E-state index in [1.54, 1.807) is 30.3 Å². The number of carbonyl (C=O) groups is 1. The second kappa shape index (κ2) is 5.16. The van der Waals surface area contributed by atoms with Crippen LogP contribution in [0.25, 0.3) is 11.1 Å². The van der Waals surface area contributed by atoms with Gasteiger partial charge in [-0.1, -0.05) is 30.3 Å². The first-order valence-corrected chi connectivity index (χ1v) is 4.29. The zero-order chi connectivity index (χ0) is 10.8. The normalized spacial score (nSPS) is 9.50. The van der Waals surface area contributed by atoms with Gasteiger partial charge in [0.05, 0.1) is 5.56 Å². The van der Waals surface area contributed by atoms with E-state index in [0.717, 1.165) is 0 Å². The minimum atomic E-state index is -1.16. The van der Waals surface area contributed by atoms with E-state index in [9.17, 15) is 9.59 Å². The van der Waals surface area contributed by atoms with Crippen LogP contribution in [0.4, 0.5) is 0 Å². The number of aromatic amines is 2. The molecule has 0 aliphatic rings. The maximum atomic E-state index is 11.4. The van der Waals surface area contributed by atoms with Crippen LogP contribution in [0.15, 0.2) is 35.1 Å². The molecule has 0 saturated carbocycles. The quantitative estimate of drug-likeness (QED) is 0.529. The van der Waals surface area contributed by atoms with Crippen LogP contribution in [-0.2, 0) is 0 Å². The Bertz CT molecular complexity index is 550. The van der Waals surface area contributed by atoms with Crippen molar-refractivity contribution in [2.75, 3.05) is 0 Å². The summed E-state index contributed by atoms with van der Waals surface area (Å²) >= 11 is 0. The monoisotopic (exact) mass is 228 g/mol. The number of hydrogen-bond acceptors (Lipinski definition) is 2. The van der Waals surface area contributed by atoms with Crippen molar-refractivity contribution in [3.05, 3.63) is 46.4 Å². The van der Waals surface area contributed by atoms with Crippen molar-refractivity contribution in [2.24, 2.45) is 0 Å². The Kier molecular flexibility index (Phi) is 4.12. The van der Waals surface area contributed by atoms with Gasteiger partial charge in [-0.3, -0.25) is 15.0 Å². The molecule has 16 heavy (non-hydrogen) atoms. The fourth-order valence-corrected chi connectivity index (χ4v) is 1.40. The molecule has 0 atom stereocenters. The van der Waals surface area contributed by atoms with Crippen molar-refractivity contribution in [1.82, 2.24) is 10.2 Å². The Hall–Kier alpha value is -1.30. The molecule has 0 amide bonds. The van der Waals surface area contributed by atoms with Crippen LogP contribution in [0.3, 0.4) is 0 Å². The van der Waals surface area contributed by atoms with Crippen molar-refractivity contribution < 1.29 is 40.9 Å². The number of hydrogen-bond donors (Lipinski definition) is 3. The second-order valence-corrected chi connectivity index (χ2v) is 3.00. The van der Waals surface area contributed by atoms with E-state index in [0.29, 0.717) is 5.56 Å². The van der Waals surface area contributed by atoms with Crippen LogP contribution >= 0.6 is 0 Å². The molecule has 2 aromatic rings. The van der Waals surface area contributed by atoms with Gasteiger partial charge in [0, 0.05) is 0 Å². The van der Waals surface area contributed by atoms with Gasteiger partial charge in [0.1, 0.15) is 0 Å². The first-order chi connectivity index (χ1) is 7.20. The number of rotatable bonds is 2. The third-order valence-corrected chi connectivity index (χ3v) is 2.05. The molecule has 1 aromatic heterocycles. The molecule has 6 heteroatoms. The van der Waals surface area contributed by atoms with Crippen LogP contribution in [-0.4, -0.2) is 21.3 Å². The molecule has 3 N–H and O–H groups in total. The zero-order valence-corrected chi connectivity index (χ0v) is 10.7. The molecular weight excluding hydrogens is 219 g/mol. The fraction of sp³-hybridized carbons (Fsp3) is 0. The SMILES string of the molecule is O=C(O)c1[nH][nH]c(=O)c1-c1ccccc1.[H-].[Na+]. The Balaban J connectivity index is 0.00000128. The first-order valence-electron chi connectivity index (χ1n) is 4.29. The molecule has 0 fully saturated rings. The number of aromatic nitrogens is 2. The number of benzene rings is 1. The molecule has 2 rings (SSSR count). The smallest absolute Gasteiger partial charge is 1.00 e. The number of nitrogens with one attached hydrogen (secondary N) is 2. The first kappa shape index (κ1) is 12.8. The van der Waals surface area contributed by atoms with E-state index >= 15 is 0 Å². The van der Waals surface area contributed by atoms with Crippen molar-refractivity contribution in [2.45, 2.75) is 0 Å². The molecule has 0 aliphatic carbocycles. The third kappa shape index (κ3) is 2.27. The minimum Gasteiger partial charge on any atom is -1.00 e. The molecule has 1 aromatic carbocycles. The Morgan fingerprint density at radius 2 is 1.81 bits per heavy atom. The minimum absolute atomic E-state index is 0. The molecule has 0 unspecified atom stereocenters. The summed E-state index contributed by atoms with van der Waals surface area (Å²) in [4.78, 5) is 22.2. The molecule has 0 radical (unpaired) electrons. The molecule has 0 aliphatic heterocycles. The standard InChI is InChI=1S/C10H8N2O3.Na.H/c13-9-7(6-4-2-1-3-5-6)8(10(14)15)11-12-9;;/h1-5H,(H,14,15)(H2,11,12,13);;/q;+1;-1. The largest absolute Gasteiger partial charge is 1.00 e. The van der Waals surface area contributed by atoms with Gasteiger partial charge < -0.3 is 6.53 Å². The number of H-pyrrole nitrogens is 2. The van der Waals surface area contributed by atoms with Crippen LogP contribution in [0.5, 0.6) is 0 Å². The number of carboxylic acids is 1. The van der Waals surface area contributed by atoms with Gasteiger partial charge in [-0.25, -0.2) is 4.79 Å². The Morgan fingerprint density at radius 1 is 1.19 bits per heavy atom. The van der Waals surface area contributed by atoms with E-state index < -0.39 is 11.5 Å². The van der Waals surface area contributed by atoms with Gasteiger partial charge in [0.15, 0.2) is 5.69 Å². The molecule has 78 valence electrons. The van der Waals surface area contributed by atoms with Crippen LogP contribution in [0, 0.1) is 0 Å². The summed E-state index contributed by atoms with van der Waals surface area (Å²) in [6.45, 7) is 0. The predicted octanol–water partition coefficient (Wildman–Crippen LogP) is -1.82. The van der Waals surface area contributed by atoms with Crippen molar-refractivity contribution in [1.29, 1.82) is 0 Å². The molecule has 0 bridgehead atoms. The average molecular weight is 228 g/mol. The summed E-state index contributed by atoms with van der Waals surface area (Å²) in [5, 5.41) is 13.4. The van der Waals surface area contributed by atoms with E-state index in [1.807, 2.05) is 0 Å². The van der Waals surface area contributed by atoms with E-state index in [1.165, 1.54) is 0 Å². The average Bonchev–Trinajstić information content (AvgIpc) is 2.61. The van der Waals surface area contributed by atoms with Crippen molar-refractivity contribution in [3.63, 3.8) is 0 Å². The van der Waals surface area contributed by atoms with E-state index in [4.69, 9.17) is 5.11 Å². The summed E-state index contributed by atoms with van der Waals surface area (Å²) in [5.74, 6) is -1.16. The van der Waals surface area contributed by atoms with E-state index in [2.05, 4.69) is 10.2 Å². The molecule has 1 heterocycles. The van der Waals surface area contributed by atoms with Gasteiger partial charge in [0.25, 0.3) is 5.56 Å². The van der Waals surface area contributed by atoms with Crippen LogP contribution < -0.4 is 35.1 Å². The number of carboxylic acid groups (broad SMARTS) is 1. The zero-order valence-electron chi connectivity index (χ0n) is 9.65. The molecule has 5 nitrogen and oxygen atoms in total. The summed E-state index contributed by atoms with van der Waals surface area (Å²) in [7, 11) is 0. The molecule has 0 saturated heterocycles. The summed E-state index contributed by atoms with van der Waals surface area (Å²) in [5.41, 5.74) is 0.185. The second-order valence-electron chi connectivity index (χ2n) is 3.00. The Morgan fingerprint density at radius 3 is 2.38 bits per heavy atom. The van der Waals surface area contributed by atoms with Gasteiger partial charge in [0.2, 0.25) is 0 Å². The van der Waals surface area contributed by atoms with Crippen molar-refractivity contribution >= 4 is 5.97 Å². The summed E-state index contributed by atoms with van der Waals surface area (Å²) < 4.78 is 0. The maximum absolute atomic E-state index is 11.4. The Labute approximate surface area is 114 Å². The summed E-state index contributed by atoms with van der Waals surface area (Å²) in [6.07, 6.45) is 0. The maximum Gasteiger partial charge on any atom is 1.00 e. The van der Waals surface area contributed by atoms with Crippen LogP contribution in [0.2, 0.25) is 0 Å². The van der Waals surface area contributed by atoms with Gasteiger partial charge >= 0.3 is 35.5 Å². The van der Waals surface area contributed by atoms with Crippen LogP contribution in [0.1, 0.15) is 11.9 Å². The third-order valence-electron chi connectivity index (χ3n) is 2.05.